The van der Waals surface area contributed by atoms with Gasteiger partial charge >= 0.3 is 11.8 Å². The van der Waals surface area contributed by atoms with Crippen LogP contribution in [0.1, 0.15) is 36.3 Å². The van der Waals surface area contributed by atoms with Crippen molar-refractivity contribution in [3.63, 3.8) is 0 Å². The first-order valence-electron chi connectivity index (χ1n) is 7.71. The highest BCUT2D eigenvalue weighted by Gasteiger charge is 2.23. The zero-order chi connectivity index (χ0) is 16.9. The molecule has 0 atom stereocenters. The summed E-state index contributed by atoms with van der Waals surface area (Å²) >= 11 is 0. The van der Waals surface area contributed by atoms with Crippen LogP contribution in [0.2, 0.25) is 0 Å². The van der Waals surface area contributed by atoms with E-state index in [-0.39, 0.29) is 30.1 Å². The van der Waals surface area contributed by atoms with Crippen LogP contribution in [-0.2, 0) is 11.4 Å². The molecule has 1 heterocycles. The Morgan fingerprint density at radius 2 is 2.04 bits per heavy atom. The van der Waals surface area contributed by atoms with Gasteiger partial charge < -0.3 is 19.9 Å². The van der Waals surface area contributed by atoms with E-state index >= 15 is 0 Å². The molecule has 126 valence electrons. The minimum atomic E-state index is -0.361. The predicted molar refractivity (Wildman–Crippen MR) is 84.4 cm³/mol. The number of benzene rings is 1. The molecule has 8 heteroatoms. The van der Waals surface area contributed by atoms with Crippen LogP contribution in [0.4, 0.5) is 5.69 Å². The van der Waals surface area contributed by atoms with Crippen molar-refractivity contribution < 1.29 is 18.8 Å². The molecule has 0 radical (unpaired) electrons. The van der Waals surface area contributed by atoms with Gasteiger partial charge in [0.25, 0.3) is 0 Å². The molecule has 24 heavy (non-hydrogen) atoms. The van der Waals surface area contributed by atoms with Crippen molar-refractivity contribution in [2.45, 2.75) is 26.4 Å². The van der Waals surface area contributed by atoms with Crippen LogP contribution in [0, 0.1) is 5.92 Å². The Morgan fingerprint density at radius 1 is 1.29 bits per heavy atom. The van der Waals surface area contributed by atoms with Crippen LogP contribution >= 0.6 is 0 Å². The number of nitrogens with one attached hydrogen (secondary N) is 2. The first-order chi connectivity index (χ1) is 11.6. The van der Waals surface area contributed by atoms with Gasteiger partial charge in [-0.05, 0) is 43.0 Å². The Morgan fingerprint density at radius 3 is 2.71 bits per heavy atom. The third kappa shape index (κ3) is 4.55. The highest BCUT2D eigenvalue weighted by molar-refractivity contribution is 5.89. The molecule has 2 aromatic rings. The molecule has 1 fully saturated rings. The Kier molecular flexibility index (Phi) is 4.74. The topological polar surface area (TPSA) is 106 Å². The molecule has 0 saturated heterocycles. The highest BCUT2D eigenvalue weighted by atomic mass is 16.5. The average Bonchev–Trinajstić information content (AvgIpc) is 3.27. The Bertz CT molecular complexity index is 722. The van der Waals surface area contributed by atoms with Crippen molar-refractivity contribution in [1.82, 2.24) is 15.5 Å². The van der Waals surface area contributed by atoms with Crippen molar-refractivity contribution in [3.05, 3.63) is 36.0 Å². The fourth-order valence-corrected chi connectivity index (χ4v) is 2.03. The van der Waals surface area contributed by atoms with Gasteiger partial charge in [0.15, 0.2) is 6.61 Å². The fraction of sp³-hybridized carbons (Fsp3) is 0.375. The van der Waals surface area contributed by atoms with Crippen molar-refractivity contribution in [3.8, 4) is 5.75 Å². The van der Waals surface area contributed by atoms with E-state index in [1.54, 1.807) is 24.3 Å². The zero-order valence-corrected chi connectivity index (χ0v) is 13.2. The minimum absolute atomic E-state index is 0.0599. The molecule has 0 unspecified atom stereocenters. The van der Waals surface area contributed by atoms with Gasteiger partial charge in [-0.25, -0.2) is 0 Å². The number of carbonyl (C=O) groups is 2. The van der Waals surface area contributed by atoms with E-state index in [1.165, 1.54) is 6.92 Å². The molecule has 2 amide bonds. The van der Waals surface area contributed by atoms with Gasteiger partial charge in [-0.3, -0.25) is 9.59 Å². The molecule has 0 bridgehead atoms. The number of carbonyl (C=O) groups excluding carboxylic acids is 2. The lowest BCUT2D eigenvalue weighted by molar-refractivity contribution is -0.114. The maximum Gasteiger partial charge on any atom is 0.316 e. The number of hydrogen-bond acceptors (Lipinski definition) is 6. The normalized spacial score (nSPS) is 13.4. The summed E-state index contributed by atoms with van der Waals surface area (Å²) in [6.07, 6.45) is 2.31. The third-order valence-corrected chi connectivity index (χ3v) is 3.45. The van der Waals surface area contributed by atoms with Crippen LogP contribution in [-0.4, -0.2) is 28.5 Å². The summed E-state index contributed by atoms with van der Waals surface area (Å²) in [5, 5.41) is 9.15. The summed E-state index contributed by atoms with van der Waals surface area (Å²) in [7, 11) is 0. The second-order valence-electron chi connectivity index (χ2n) is 5.66. The molecule has 8 nitrogen and oxygen atoms in total. The van der Waals surface area contributed by atoms with Gasteiger partial charge in [0.2, 0.25) is 11.7 Å². The molecule has 1 aromatic carbocycles. The number of ether oxygens (including phenoxy) is 1. The molecule has 2 N–H and O–H groups in total. The summed E-state index contributed by atoms with van der Waals surface area (Å²) in [4.78, 5) is 26.8. The number of nitrogens with zero attached hydrogens (tertiary/aromatic N) is 2. The van der Waals surface area contributed by atoms with Crippen LogP contribution in [0.3, 0.4) is 0 Å². The predicted octanol–water partition coefficient (Wildman–Crippen LogP) is 1.75. The number of anilines is 1. The first-order valence-corrected chi connectivity index (χ1v) is 7.71. The van der Waals surface area contributed by atoms with E-state index in [4.69, 9.17) is 9.26 Å². The number of rotatable bonds is 7. The van der Waals surface area contributed by atoms with Gasteiger partial charge in [0.1, 0.15) is 5.75 Å². The monoisotopic (exact) mass is 330 g/mol. The summed E-state index contributed by atoms with van der Waals surface area (Å²) < 4.78 is 10.5. The van der Waals surface area contributed by atoms with Crippen LogP contribution in [0.25, 0.3) is 0 Å². The fourth-order valence-electron chi connectivity index (χ4n) is 2.03. The molecule has 1 saturated carbocycles. The molecule has 0 aliphatic heterocycles. The second-order valence-corrected chi connectivity index (χ2v) is 5.66. The summed E-state index contributed by atoms with van der Waals surface area (Å²) in [6.45, 7) is 2.17. The Labute approximate surface area is 138 Å². The van der Waals surface area contributed by atoms with Crippen molar-refractivity contribution in [1.29, 1.82) is 0 Å². The Balaban J connectivity index is 1.49. The molecule has 0 spiro atoms. The summed E-state index contributed by atoms with van der Waals surface area (Å²) in [5.41, 5.74) is 0.684. The van der Waals surface area contributed by atoms with Gasteiger partial charge in [-0.1, -0.05) is 5.16 Å². The van der Waals surface area contributed by atoms with E-state index < -0.39 is 0 Å². The average molecular weight is 330 g/mol. The summed E-state index contributed by atoms with van der Waals surface area (Å²) in [5.74, 6) is 0.907. The van der Waals surface area contributed by atoms with E-state index in [0.29, 0.717) is 23.9 Å². The van der Waals surface area contributed by atoms with Gasteiger partial charge in [0.05, 0.1) is 0 Å². The van der Waals surface area contributed by atoms with Gasteiger partial charge in [-0.2, -0.15) is 4.98 Å². The maximum absolute atomic E-state index is 11.8. The largest absolute Gasteiger partial charge is 0.485 e. The summed E-state index contributed by atoms with van der Waals surface area (Å²) in [6, 6.07) is 6.89. The van der Waals surface area contributed by atoms with E-state index in [1.807, 2.05) is 0 Å². The zero-order valence-electron chi connectivity index (χ0n) is 13.2. The van der Waals surface area contributed by atoms with Crippen LogP contribution < -0.4 is 15.4 Å². The van der Waals surface area contributed by atoms with Crippen LogP contribution in [0.15, 0.2) is 28.8 Å². The van der Waals surface area contributed by atoms with Gasteiger partial charge in [-0.15, -0.1) is 0 Å². The van der Waals surface area contributed by atoms with E-state index in [2.05, 4.69) is 20.8 Å². The lowest BCUT2D eigenvalue weighted by Crippen LogP contribution is -2.25. The highest BCUT2D eigenvalue weighted by Crippen LogP contribution is 2.27. The van der Waals surface area contributed by atoms with E-state index in [0.717, 1.165) is 12.8 Å². The second kappa shape index (κ2) is 7.12. The molecule has 3 rings (SSSR count). The quantitative estimate of drug-likeness (QED) is 0.801. The van der Waals surface area contributed by atoms with Gasteiger partial charge in [0, 0.05) is 19.2 Å². The molecule has 1 aliphatic rings. The van der Waals surface area contributed by atoms with Crippen molar-refractivity contribution >= 4 is 17.5 Å². The SMILES string of the molecule is CC(=O)Nc1ccc(OCc2noc(C(=O)NCC3CC3)n2)cc1. The Hall–Kier alpha value is -2.90. The van der Waals surface area contributed by atoms with Crippen LogP contribution in [0.5, 0.6) is 5.75 Å². The number of aromatic nitrogens is 2. The van der Waals surface area contributed by atoms with E-state index in [9.17, 15) is 9.59 Å². The molecule has 1 aromatic heterocycles. The number of amides is 2. The third-order valence-electron chi connectivity index (χ3n) is 3.45. The standard InChI is InChI=1S/C16H18N4O4/c1-10(21)18-12-4-6-13(7-5-12)23-9-14-19-16(24-20-14)15(22)17-8-11-2-3-11/h4-7,11H,2-3,8-9H2,1H3,(H,17,22)(H,18,21). The molecular weight excluding hydrogens is 312 g/mol. The lowest BCUT2D eigenvalue weighted by atomic mass is 10.3. The van der Waals surface area contributed by atoms with Crippen molar-refractivity contribution in [2.24, 2.45) is 5.92 Å². The minimum Gasteiger partial charge on any atom is -0.485 e. The molecule has 1 aliphatic carbocycles. The smallest absolute Gasteiger partial charge is 0.316 e. The maximum atomic E-state index is 11.8. The number of hydrogen-bond donors (Lipinski definition) is 2. The first kappa shape index (κ1) is 16.0. The molecular formula is C16H18N4O4. The van der Waals surface area contributed by atoms with Crippen molar-refractivity contribution in [2.75, 3.05) is 11.9 Å². The lowest BCUT2D eigenvalue weighted by Gasteiger charge is -2.05.